The first-order valence-electron chi connectivity index (χ1n) is 12.7. The zero-order chi connectivity index (χ0) is 24.6. The molecular formula is C29H29ClN4OS. The third kappa shape index (κ3) is 4.60. The number of anilines is 1. The third-order valence-electron chi connectivity index (χ3n) is 7.33. The molecule has 0 bridgehead atoms. The van der Waals surface area contributed by atoms with Gasteiger partial charge in [-0.1, -0.05) is 54.9 Å². The fourth-order valence-electron chi connectivity index (χ4n) is 5.38. The number of thiophene rings is 1. The molecule has 3 heterocycles. The van der Waals surface area contributed by atoms with Gasteiger partial charge >= 0.3 is 0 Å². The molecule has 1 saturated heterocycles. The van der Waals surface area contributed by atoms with E-state index in [0.29, 0.717) is 29.6 Å². The summed E-state index contributed by atoms with van der Waals surface area (Å²) in [6.07, 6.45) is 4.16. The molecular weight excluding hydrogens is 488 g/mol. The van der Waals surface area contributed by atoms with Crippen molar-refractivity contribution in [1.82, 2.24) is 14.9 Å². The van der Waals surface area contributed by atoms with Gasteiger partial charge in [-0.05, 0) is 54.5 Å². The fraction of sp³-hybridized carbons (Fsp3) is 0.345. The molecule has 5 nitrogen and oxygen atoms in total. The van der Waals surface area contributed by atoms with Gasteiger partial charge in [-0.3, -0.25) is 4.79 Å². The summed E-state index contributed by atoms with van der Waals surface area (Å²) in [5.41, 5.74) is 3.31. The zero-order valence-corrected chi connectivity index (χ0v) is 22.0. The maximum atomic E-state index is 13.1. The summed E-state index contributed by atoms with van der Waals surface area (Å²) < 4.78 is 0. The zero-order valence-electron chi connectivity index (χ0n) is 20.4. The van der Waals surface area contributed by atoms with E-state index >= 15 is 0 Å². The normalized spacial score (nSPS) is 17.9. The second-order valence-corrected chi connectivity index (χ2v) is 11.5. The highest BCUT2D eigenvalue weighted by atomic mass is 35.5. The molecule has 2 aliphatic rings. The lowest BCUT2D eigenvalue weighted by Gasteiger charge is -2.36. The number of hydrogen-bond acceptors (Lipinski definition) is 5. The van der Waals surface area contributed by atoms with Crippen molar-refractivity contribution in [3.63, 3.8) is 0 Å². The molecule has 1 fully saturated rings. The summed E-state index contributed by atoms with van der Waals surface area (Å²) in [5.74, 6) is 2.67. The van der Waals surface area contributed by atoms with Crippen LogP contribution in [0, 0.1) is 5.92 Å². The first-order valence-corrected chi connectivity index (χ1v) is 13.9. The van der Waals surface area contributed by atoms with E-state index in [1.165, 1.54) is 27.8 Å². The van der Waals surface area contributed by atoms with Gasteiger partial charge in [0.2, 0.25) is 0 Å². The first-order chi connectivity index (χ1) is 17.5. The Hall–Kier alpha value is -2.96. The van der Waals surface area contributed by atoms with Gasteiger partial charge in [-0.2, -0.15) is 0 Å². The van der Waals surface area contributed by atoms with E-state index in [2.05, 4.69) is 36.1 Å². The Morgan fingerprint density at radius 2 is 1.86 bits per heavy atom. The van der Waals surface area contributed by atoms with E-state index in [-0.39, 0.29) is 5.91 Å². The summed E-state index contributed by atoms with van der Waals surface area (Å²) >= 11 is 7.98. The minimum atomic E-state index is 0.0386. The van der Waals surface area contributed by atoms with E-state index in [1.807, 2.05) is 34.4 Å². The summed E-state index contributed by atoms with van der Waals surface area (Å²) in [5, 5.41) is 1.83. The van der Waals surface area contributed by atoms with Crippen LogP contribution in [-0.2, 0) is 19.3 Å². The summed E-state index contributed by atoms with van der Waals surface area (Å²) in [6.45, 7) is 5.17. The van der Waals surface area contributed by atoms with E-state index in [0.717, 1.165) is 48.8 Å². The standard InChI is InChI=1S/C29H29ClN4OS/c1-19-10-11-23-24(16-19)36-28-26(23)27(31-25(32-28)17-20-6-3-2-4-7-20)33-12-14-34(15-13-33)29(35)21-8-5-9-22(30)18-21/h2-9,18-19H,10-17H2,1H3. The summed E-state index contributed by atoms with van der Waals surface area (Å²) in [7, 11) is 0. The Morgan fingerprint density at radius 3 is 2.64 bits per heavy atom. The Kier molecular flexibility index (Phi) is 6.40. The molecule has 6 rings (SSSR count). The molecule has 1 aliphatic carbocycles. The van der Waals surface area contributed by atoms with Gasteiger partial charge in [-0.25, -0.2) is 9.97 Å². The van der Waals surface area contributed by atoms with Gasteiger partial charge in [0.05, 0.1) is 5.39 Å². The van der Waals surface area contributed by atoms with Gasteiger partial charge in [0.1, 0.15) is 16.5 Å². The number of carbonyl (C=O) groups is 1. The Balaban J connectivity index is 1.31. The quantitative estimate of drug-likeness (QED) is 0.332. The van der Waals surface area contributed by atoms with Crippen molar-refractivity contribution >= 4 is 44.9 Å². The third-order valence-corrected chi connectivity index (χ3v) is 8.71. The molecule has 36 heavy (non-hydrogen) atoms. The SMILES string of the molecule is CC1CCc2c(sc3nc(Cc4ccccc4)nc(N4CCN(C(=O)c5cccc(Cl)c5)CC4)c23)C1. The molecule has 1 amide bonds. The Bertz CT molecular complexity index is 1410. The largest absolute Gasteiger partial charge is 0.352 e. The number of amides is 1. The number of nitrogens with zero attached hydrogens (tertiary/aromatic N) is 4. The molecule has 2 aromatic carbocycles. The number of aryl methyl sites for hydroxylation is 1. The van der Waals surface area contributed by atoms with Crippen molar-refractivity contribution in [2.24, 2.45) is 5.92 Å². The molecule has 1 aliphatic heterocycles. The molecule has 4 aromatic rings. The van der Waals surface area contributed by atoms with Crippen LogP contribution in [0.2, 0.25) is 5.02 Å². The number of piperazine rings is 1. The minimum Gasteiger partial charge on any atom is -0.352 e. The number of fused-ring (bicyclic) bond motifs is 3. The van der Waals surface area contributed by atoms with Gasteiger partial charge in [-0.15, -0.1) is 11.3 Å². The van der Waals surface area contributed by atoms with E-state index < -0.39 is 0 Å². The number of aromatic nitrogens is 2. The fourth-order valence-corrected chi connectivity index (χ4v) is 6.96. The lowest BCUT2D eigenvalue weighted by Crippen LogP contribution is -2.49. The Morgan fingerprint density at radius 1 is 1.06 bits per heavy atom. The van der Waals surface area contributed by atoms with Crippen molar-refractivity contribution < 1.29 is 4.79 Å². The molecule has 1 atom stereocenters. The molecule has 0 spiro atoms. The Labute approximate surface area is 220 Å². The summed E-state index contributed by atoms with van der Waals surface area (Å²) in [4.78, 5) is 30.2. The lowest BCUT2D eigenvalue weighted by atomic mass is 9.89. The molecule has 2 aromatic heterocycles. The van der Waals surface area contributed by atoms with Crippen LogP contribution in [-0.4, -0.2) is 47.0 Å². The van der Waals surface area contributed by atoms with Crippen LogP contribution >= 0.6 is 22.9 Å². The predicted octanol–water partition coefficient (Wildman–Crippen LogP) is 6.02. The van der Waals surface area contributed by atoms with Crippen LogP contribution in [0.4, 0.5) is 5.82 Å². The highest BCUT2D eigenvalue weighted by Crippen LogP contribution is 2.41. The first kappa shape index (κ1) is 23.4. The van der Waals surface area contributed by atoms with E-state index in [9.17, 15) is 4.79 Å². The van der Waals surface area contributed by atoms with Crippen LogP contribution in [0.1, 0.15) is 45.5 Å². The van der Waals surface area contributed by atoms with E-state index in [1.54, 1.807) is 12.1 Å². The second-order valence-electron chi connectivity index (χ2n) is 9.95. The average molecular weight is 517 g/mol. The van der Waals surface area contributed by atoms with Crippen LogP contribution in [0.3, 0.4) is 0 Å². The molecule has 0 saturated carbocycles. The van der Waals surface area contributed by atoms with Crippen molar-refractivity contribution in [2.45, 2.75) is 32.6 Å². The number of halogens is 1. The average Bonchev–Trinajstić information content (AvgIpc) is 3.26. The van der Waals surface area contributed by atoms with Crippen LogP contribution in [0.25, 0.3) is 10.2 Å². The minimum absolute atomic E-state index is 0.0386. The number of carbonyl (C=O) groups excluding carboxylic acids is 1. The van der Waals surface area contributed by atoms with Gasteiger partial charge in [0.25, 0.3) is 5.91 Å². The highest BCUT2D eigenvalue weighted by Gasteiger charge is 2.29. The van der Waals surface area contributed by atoms with E-state index in [4.69, 9.17) is 21.6 Å². The van der Waals surface area contributed by atoms with Gasteiger partial charge in [0, 0.05) is 48.1 Å². The molecule has 1 unspecified atom stereocenters. The van der Waals surface area contributed by atoms with Crippen LogP contribution in [0.5, 0.6) is 0 Å². The maximum absolute atomic E-state index is 13.1. The van der Waals surface area contributed by atoms with Crippen molar-refractivity contribution in [1.29, 1.82) is 0 Å². The van der Waals surface area contributed by atoms with Gasteiger partial charge in [0.15, 0.2) is 0 Å². The topological polar surface area (TPSA) is 49.3 Å². The number of benzene rings is 2. The monoisotopic (exact) mass is 516 g/mol. The summed E-state index contributed by atoms with van der Waals surface area (Å²) in [6, 6.07) is 17.7. The lowest BCUT2D eigenvalue weighted by molar-refractivity contribution is 0.0746. The molecule has 7 heteroatoms. The highest BCUT2D eigenvalue weighted by molar-refractivity contribution is 7.19. The van der Waals surface area contributed by atoms with Crippen LogP contribution in [0.15, 0.2) is 54.6 Å². The maximum Gasteiger partial charge on any atom is 0.254 e. The van der Waals surface area contributed by atoms with Crippen molar-refractivity contribution in [3.05, 3.63) is 87.0 Å². The number of rotatable bonds is 4. The second kappa shape index (κ2) is 9.83. The molecule has 184 valence electrons. The number of hydrogen-bond donors (Lipinski definition) is 0. The van der Waals surface area contributed by atoms with Crippen molar-refractivity contribution in [3.8, 4) is 0 Å². The molecule has 0 N–H and O–H groups in total. The molecule has 0 radical (unpaired) electrons. The van der Waals surface area contributed by atoms with Gasteiger partial charge < -0.3 is 9.80 Å². The van der Waals surface area contributed by atoms with Crippen LogP contribution < -0.4 is 4.90 Å². The smallest absolute Gasteiger partial charge is 0.254 e. The van der Waals surface area contributed by atoms with Crippen molar-refractivity contribution in [2.75, 3.05) is 31.1 Å². The predicted molar refractivity (Wildman–Crippen MR) is 147 cm³/mol.